The molecule has 0 unspecified atom stereocenters. The van der Waals surface area contributed by atoms with Crippen LogP contribution in [0.4, 0.5) is 5.95 Å². The third-order valence-corrected chi connectivity index (χ3v) is 3.13. The van der Waals surface area contributed by atoms with E-state index in [9.17, 15) is 0 Å². The maximum atomic E-state index is 6.07. The van der Waals surface area contributed by atoms with Crippen molar-refractivity contribution >= 4 is 33.5 Å². The Morgan fingerprint density at radius 1 is 1.24 bits per heavy atom. The molecule has 0 saturated heterocycles. The van der Waals surface area contributed by atoms with Crippen molar-refractivity contribution < 1.29 is 4.74 Å². The predicted octanol–water partition coefficient (Wildman–Crippen LogP) is 2.24. The van der Waals surface area contributed by atoms with Gasteiger partial charge in [-0.05, 0) is 18.2 Å². The Bertz CT molecular complexity index is 780. The molecule has 1 aromatic carbocycles. The Hall–Kier alpha value is -2.26. The zero-order valence-electron chi connectivity index (χ0n) is 10.3. The van der Waals surface area contributed by atoms with Gasteiger partial charge in [0.2, 0.25) is 5.95 Å². The van der Waals surface area contributed by atoms with Gasteiger partial charge in [-0.15, -0.1) is 0 Å². The molecule has 10 heteroatoms. The number of nitrogens with zero attached hydrogens (tertiary/aromatic N) is 6. The minimum Gasteiger partial charge on any atom is -0.423 e. The van der Waals surface area contributed by atoms with E-state index in [4.69, 9.17) is 22.1 Å². The van der Waals surface area contributed by atoms with Crippen molar-refractivity contribution in [2.24, 2.45) is 0 Å². The van der Waals surface area contributed by atoms with E-state index in [2.05, 4.69) is 41.0 Å². The first kappa shape index (κ1) is 13.7. The van der Waals surface area contributed by atoms with E-state index in [1.807, 2.05) is 0 Å². The lowest BCUT2D eigenvalue weighted by molar-refractivity contribution is 0.438. The molecule has 3 aromatic rings. The topological polar surface area (TPSA) is 105 Å². The highest BCUT2D eigenvalue weighted by Gasteiger charge is 2.11. The summed E-state index contributed by atoms with van der Waals surface area (Å²) in [6.07, 6.45) is 2.79. The van der Waals surface area contributed by atoms with Crippen molar-refractivity contribution in [2.75, 3.05) is 5.73 Å². The number of ether oxygens (including phenoxy) is 1. The fourth-order valence-corrected chi connectivity index (χ4v) is 2.19. The first-order valence-corrected chi connectivity index (χ1v) is 6.78. The monoisotopic (exact) mass is 367 g/mol. The second kappa shape index (κ2) is 5.62. The molecule has 0 amide bonds. The van der Waals surface area contributed by atoms with Crippen LogP contribution in [-0.4, -0.2) is 29.7 Å². The molecular weight excluding hydrogens is 362 g/mol. The summed E-state index contributed by atoms with van der Waals surface area (Å²) in [5.74, 6) is 0.594. The highest BCUT2D eigenvalue weighted by Crippen LogP contribution is 2.30. The molecule has 0 aliphatic carbocycles. The summed E-state index contributed by atoms with van der Waals surface area (Å²) in [7, 11) is 0. The van der Waals surface area contributed by atoms with Gasteiger partial charge in [0.05, 0.1) is 5.02 Å². The van der Waals surface area contributed by atoms with Crippen molar-refractivity contribution in [3.05, 3.63) is 40.3 Å². The minimum absolute atomic E-state index is 0.00117. The number of hydrogen-bond acceptors (Lipinski definition) is 7. The maximum absolute atomic E-state index is 6.07. The lowest BCUT2D eigenvalue weighted by Gasteiger charge is -2.07. The minimum atomic E-state index is -0.00117. The van der Waals surface area contributed by atoms with Crippen LogP contribution in [-0.2, 0) is 0 Å². The van der Waals surface area contributed by atoms with Crippen LogP contribution in [0.15, 0.2) is 35.3 Å². The highest BCUT2D eigenvalue weighted by atomic mass is 79.9. The lowest BCUT2D eigenvalue weighted by atomic mass is 10.3. The van der Waals surface area contributed by atoms with Crippen molar-refractivity contribution in [1.29, 1.82) is 0 Å². The fraction of sp³-hybridized carbons (Fsp3) is 0. The van der Waals surface area contributed by atoms with E-state index in [1.165, 1.54) is 17.3 Å². The first-order chi connectivity index (χ1) is 10.1. The Kier molecular flexibility index (Phi) is 3.67. The first-order valence-electron chi connectivity index (χ1n) is 5.61. The van der Waals surface area contributed by atoms with Crippen LogP contribution in [0.3, 0.4) is 0 Å². The number of hydrogen-bond donors (Lipinski definition) is 1. The van der Waals surface area contributed by atoms with Gasteiger partial charge >= 0.3 is 6.01 Å². The molecule has 0 aliphatic rings. The molecule has 2 N–H and O–H groups in total. The van der Waals surface area contributed by atoms with Crippen LogP contribution in [0.2, 0.25) is 5.02 Å². The van der Waals surface area contributed by atoms with Gasteiger partial charge in [0, 0.05) is 4.47 Å². The molecule has 106 valence electrons. The van der Waals surface area contributed by atoms with Crippen LogP contribution < -0.4 is 10.5 Å². The molecule has 0 saturated carbocycles. The number of rotatable bonds is 3. The van der Waals surface area contributed by atoms with Crippen LogP contribution in [0.1, 0.15) is 0 Å². The number of nitrogens with two attached hydrogens (primary N) is 1. The van der Waals surface area contributed by atoms with Gasteiger partial charge in [-0.25, -0.2) is 4.98 Å². The van der Waals surface area contributed by atoms with Gasteiger partial charge < -0.3 is 10.5 Å². The van der Waals surface area contributed by atoms with Crippen LogP contribution in [0.25, 0.3) is 5.95 Å². The number of nitrogen functional groups attached to an aromatic ring is 1. The normalized spacial score (nSPS) is 10.6. The van der Waals surface area contributed by atoms with Crippen molar-refractivity contribution in [1.82, 2.24) is 29.7 Å². The van der Waals surface area contributed by atoms with Crippen LogP contribution in [0, 0.1) is 0 Å². The van der Waals surface area contributed by atoms with E-state index >= 15 is 0 Å². The van der Waals surface area contributed by atoms with Gasteiger partial charge in [0.15, 0.2) is 0 Å². The number of benzene rings is 1. The zero-order valence-corrected chi connectivity index (χ0v) is 12.7. The quantitative estimate of drug-likeness (QED) is 0.756. The number of halogens is 2. The van der Waals surface area contributed by atoms with Gasteiger partial charge in [0.25, 0.3) is 5.95 Å². The Labute approximate surface area is 132 Å². The van der Waals surface area contributed by atoms with E-state index in [0.717, 1.165) is 4.47 Å². The molecule has 8 nitrogen and oxygen atoms in total. The van der Waals surface area contributed by atoms with Crippen LogP contribution in [0.5, 0.6) is 11.8 Å². The summed E-state index contributed by atoms with van der Waals surface area (Å²) >= 11 is 9.38. The summed E-state index contributed by atoms with van der Waals surface area (Å²) in [5, 5.41) is 4.32. The second-order valence-electron chi connectivity index (χ2n) is 3.79. The van der Waals surface area contributed by atoms with Crippen molar-refractivity contribution in [3.8, 4) is 17.7 Å². The SMILES string of the molecule is Nc1nc(Oc2ccc(Br)cc2Cl)nc(-n2cncn2)n1. The second-order valence-corrected chi connectivity index (χ2v) is 5.12. The van der Waals surface area contributed by atoms with E-state index in [-0.39, 0.29) is 17.9 Å². The molecule has 0 bridgehead atoms. The summed E-state index contributed by atoms with van der Waals surface area (Å²) in [5.41, 5.74) is 5.64. The summed E-state index contributed by atoms with van der Waals surface area (Å²) in [4.78, 5) is 15.8. The Balaban J connectivity index is 1.95. The molecule has 21 heavy (non-hydrogen) atoms. The van der Waals surface area contributed by atoms with Crippen molar-refractivity contribution in [3.63, 3.8) is 0 Å². The van der Waals surface area contributed by atoms with Gasteiger partial charge in [-0.2, -0.15) is 24.7 Å². The van der Waals surface area contributed by atoms with Gasteiger partial charge in [0.1, 0.15) is 18.4 Å². The van der Waals surface area contributed by atoms with Gasteiger partial charge in [-0.1, -0.05) is 27.5 Å². The largest absolute Gasteiger partial charge is 0.423 e. The standard InChI is InChI=1S/C11H7BrClN7O/c12-6-1-2-8(7(13)3-6)21-11-18-9(14)17-10(19-11)20-5-15-4-16-20/h1-5H,(H2,14,17,18,19). The maximum Gasteiger partial charge on any atom is 0.328 e. The van der Waals surface area contributed by atoms with E-state index in [0.29, 0.717) is 10.8 Å². The third-order valence-electron chi connectivity index (χ3n) is 2.34. The number of anilines is 1. The van der Waals surface area contributed by atoms with Gasteiger partial charge in [-0.3, -0.25) is 0 Å². The van der Waals surface area contributed by atoms with E-state index < -0.39 is 0 Å². The highest BCUT2D eigenvalue weighted by molar-refractivity contribution is 9.10. The Morgan fingerprint density at radius 3 is 2.81 bits per heavy atom. The average molecular weight is 369 g/mol. The molecule has 0 spiro atoms. The molecule has 2 aromatic heterocycles. The molecule has 0 radical (unpaired) electrons. The van der Waals surface area contributed by atoms with E-state index in [1.54, 1.807) is 18.2 Å². The Morgan fingerprint density at radius 2 is 2.10 bits per heavy atom. The molecule has 3 rings (SSSR count). The molecule has 0 fully saturated rings. The molecule has 0 atom stereocenters. The van der Waals surface area contributed by atoms with Crippen molar-refractivity contribution in [2.45, 2.75) is 0 Å². The number of aromatic nitrogens is 6. The summed E-state index contributed by atoms with van der Waals surface area (Å²) in [6, 6.07) is 5.17. The average Bonchev–Trinajstić information content (AvgIpc) is 2.95. The molecule has 2 heterocycles. The fourth-order valence-electron chi connectivity index (χ4n) is 1.48. The zero-order chi connectivity index (χ0) is 14.8. The lowest BCUT2D eigenvalue weighted by Crippen LogP contribution is -2.08. The van der Waals surface area contributed by atoms with Crippen LogP contribution >= 0.6 is 27.5 Å². The third kappa shape index (κ3) is 3.09. The molecule has 0 aliphatic heterocycles. The predicted molar refractivity (Wildman–Crippen MR) is 78.4 cm³/mol. The summed E-state index contributed by atoms with van der Waals surface area (Å²) in [6.45, 7) is 0. The smallest absolute Gasteiger partial charge is 0.328 e. The summed E-state index contributed by atoms with van der Waals surface area (Å²) < 4.78 is 7.70. The molecular formula is C11H7BrClN7O.